The van der Waals surface area contributed by atoms with Crippen molar-refractivity contribution >= 4 is 23.1 Å². The van der Waals surface area contributed by atoms with Gasteiger partial charge in [0.15, 0.2) is 0 Å². The van der Waals surface area contributed by atoms with Crippen molar-refractivity contribution in [3.05, 3.63) is 81.8 Å². The predicted octanol–water partition coefficient (Wildman–Crippen LogP) is 5.64. The van der Waals surface area contributed by atoms with Gasteiger partial charge in [-0.05, 0) is 29.7 Å². The Bertz CT molecular complexity index is 994. The lowest BCUT2D eigenvalue weighted by atomic mass is 10.1. The van der Waals surface area contributed by atoms with E-state index < -0.39 is 0 Å². The number of thiazole rings is 1. The SMILES string of the molecule is CCc1ccc(-c2nnc(SCc3csc(Cc4ccccc4)n3)o2)cc1. The van der Waals surface area contributed by atoms with Crippen molar-refractivity contribution in [3.8, 4) is 11.5 Å². The largest absolute Gasteiger partial charge is 0.411 e. The van der Waals surface area contributed by atoms with Crippen molar-refractivity contribution < 1.29 is 4.42 Å². The molecule has 2 aromatic carbocycles. The molecule has 0 aliphatic carbocycles. The van der Waals surface area contributed by atoms with Gasteiger partial charge in [-0.2, -0.15) is 0 Å². The molecule has 136 valence electrons. The fraction of sp³-hybridized carbons (Fsp3) is 0.190. The summed E-state index contributed by atoms with van der Waals surface area (Å²) in [6.07, 6.45) is 1.89. The number of thioether (sulfide) groups is 1. The summed E-state index contributed by atoms with van der Waals surface area (Å²) in [4.78, 5) is 4.71. The first-order valence-electron chi connectivity index (χ1n) is 8.83. The molecule has 27 heavy (non-hydrogen) atoms. The molecule has 0 unspecified atom stereocenters. The van der Waals surface area contributed by atoms with Crippen molar-refractivity contribution in [2.24, 2.45) is 0 Å². The number of nitrogens with zero attached hydrogens (tertiary/aromatic N) is 3. The average molecular weight is 394 g/mol. The van der Waals surface area contributed by atoms with Gasteiger partial charge in [-0.1, -0.05) is 61.2 Å². The summed E-state index contributed by atoms with van der Waals surface area (Å²) in [6, 6.07) is 18.6. The van der Waals surface area contributed by atoms with Crippen LogP contribution >= 0.6 is 23.1 Å². The molecule has 0 fully saturated rings. The zero-order valence-corrected chi connectivity index (χ0v) is 16.6. The van der Waals surface area contributed by atoms with E-state index in [9.17, 15) is 0 Å². The minimum atomic E-state index is 0.559. The van der Waals surface area contributed by atoms with E-state index in [-0.39, 0.29) is 0 Å². The number of hydrogen-bond acceptors (Lipinski definition) is 6. The van der Waals surface area contributed by atoms with Crippen molar-refractivity contribution in [1.82, 2.24) is 15.2 Å². The lowest BCUT2D eigenvalue weighted by Crippen LogP contribution is -1.88. The van der Waals surface area contributed by atoms with E-state index >= 15 is 0 Å². The number of benzene rings is 2. The Morgan fingerprint density at radius 2 is 1.78 bits per heavy atom. The van der Waals surface area contributed by atoms with Crippen LogP contribution in [-0.2, 0) is 18.6 Å². The molecule has 0 aliphatic rings. The first kappa shape index (κ1) is 17.9. The summed E-state index contributed by atoms with van der Waals surface area (Å²) < 4.78 is 5.78. The third kappa shape index (κ3) is 4.64. The third-order valence-electron chi connectivity index (χ3n) is 4.16. The summed E-state index contributed by atoms with van der Waals surface area (Å²) >= 11 is 3.21. The van der Waals surface area contributed by atoms with Crippen LogP contribution in [0.1, 0.15) is 28.8 Å². The van der Waals surface area contributed by atoms with Gasteiger partial charge >= 0.3 is 0 Å². The summed E-state index contributed by atoms with van der Waals surface area (Å²) in [6.45, 7) is 2.14. The molecule has 0 saturated heterocycles. The molecular formula is C21H19N3OS2. The fourth-order valence-corrected chi connectivity index (χ4v) is 4.26. The quantitative estimate of drug-likeness (QED) is 0.380. The van der Waals surface area contributed by atoms with Crippen LogP contribution in [0, 0.1) is 0 Å². The Labute approximate surface area is 166 Å². The maximum Gasteiger partial charge on any atom is 0.277 e. The molecule has 0 saturated carbocycles. The van der Waals surface area contributed by atoms with Crippen LogP contribution in [0.2, 0.25) is 0 Å². The van der Waals surface area contributed by atoms with Gasteiger partial charge in [-0.3, -0.25) is 0 Å². The van der Waals surface area contributed by atoms with Gasteiger partial charge in [0.2, 0.25) is 5.89 Å². The van der Waals surface area contributed by atoms with E-state index in [4.69, 9.17) is 9.40 Å². The smallest absolute Gasteiger partial charge is 0.277 e. The Kier molecular flexibility index (Phi) is 5.65. The van der Waals surface area contributed by atoms with E-state index in [0.29, 0.717) is 11.1 Å². The summed E-state index contributed by atoms with van der Waals surface area (Å²) in [5, 5.41) is 12.1. The van der Waals surface area contributed by atoms with Crippen LogP contribution in [0.15, 0.2) is 69.6 Å². The first-order chi connectivity index (χ1) is 13.3. The second-order valence-corrected chi connectivity index (χ2v) is 7.98. The maximum atomic E-state index is 5.78. The molecule has 0 radical (unpaired) electrons. The number of aromatic nitrogens is 3. The number of rotatable bonds is 7. The van der Waals surface area contributed by atoms with E-state index in [1.807, 2.05) is 18.2 Å². The monoisotopic (exact) mass is 393 g/mol. The van der Waals surface area contributed by atoms with Gasteiger partial charge in [0.05, 0.1) is 10.7 Å². The molecule has 4 rings (SSSR count). The molecule has 2 aromatic heterocycles. The average Bonchev–Trinajstić information content (AvgIpc) is 3.37. The van der Waals surface area contributed by atoms with Gasteiger partial charge in [0.1, 0.15) is 0 Å². The van der Waals surface area contributed by atoms with Crippen LogP contribution < -0.4 is 0 Å². The van der Waals surface area contributed by atoms with Crippen LogP contribution in [0.4, 0.5) is 0 Å². The minimum absolute atomic E-state index is 0.559. The van der Waals surface area contributed by atoms with Crippen LogP contribution in [0.3, 0.4) is 0 Å². The van der Waals surface area contributed by atoms with E-state index in [0.717, 1.165) is 34.9 Å². The summed E-state index contributed by atoms with van der Waals surface area (Å²) in [7, 11) is 0. The number of aryl methyl sites for hydroxylation is 1. The molecule has 2 heterocycles. The lowest BCUT2D eigenvalue weighted by Gasteiger charge is -1.97. The van der Waals surface area contributed by atoms with E-state index in [1.165, 1.54) is 22.9 Å². The highest BCUT2D eigenvalue weighted by Crippen LogP contribution is 2.27. The lowest BCUT2D eigenvalue weighted by molar-refractivity contribution is 0.466. The zero-order chi connectivity index (χ0) is 18.5. The van der Waals surface area contributed by atoms with Crippen molar-refractivity contribution in [2.45, 2.75) is 30.7 Å². The highest BCUT2D eigenvalue weighted by Gasteiger charge is 2.11. The highest BCUT2D eigenvalue weighted by atomic mass is 32.2. The molecule has 0 amide bonds. The van der Waals surface area contributed by atoms with E-state index in [2.05, 4.69) is 58.9 Å². The second-order valence-electron chi connectivity index (χ2n) is 6.11. The van der Waals surface area contributed by atoms with Crippen LogP contribution in [-0.4, -0.2) is 15.2 Å². The van der Waals surface area contributed by atoms with Crippen LogP contribution in [0.5, 0.6) is 0 Å². The molecule has 0 aliphatic heterocycles. The minimum Gasteiger partial charge on any atom is -0.411 e. The van der Waals surface area contributed by atoms with Gasteiger partial charge in [0, 0.05) is 23.1 Å². The first-order valence-corrected chi connectivity index (χ1v) is 10.7. The normalized spacial score (nSPS) is 11.0. The van der Waals surface area contributed by atoms with Crippen molar-refractivity contribution in [3.63, 3.8) is 0 Å². The molecule has 0 N–H and O–H groups in total. The third-order valence-corrected chi connectivity index (χ3v) is 5.91. The Morgan fingerprint density at radius 3 is 2.56 bits per heavy atom. The fourth-order valence-electron chi connectivity index (χ4n) is 2.67. The van der Waals surface area contributed by atoms with Gasteiger partial charge < -0.3 is 4.42 Å². The summed E-state index contributed by atoms with van der Waals surface area (Å²) in [5.74, 6) is 1.28. The second kappa shape index (κ2) is 8.50. The van der Waals surface area contributed by atoms with Gasteiger partial charge in [0.25, 0.3) is 5.22 Å². The Balaban J connectivity index is 1.36. The molecular weight excluding hydrogens is 374 g/mol. The highest BCUT2D eigenvalue weighted by molar-refractivity contribution is 7.98. The summed E-state index contributed by atoms with van der Waals surface area (Å²) in [5.41, 5.74) is 4.57. The number of hydrogen-bond donors (Lipinski definition) is 0. The molecule has 0 spiro atoms. The standard InChI is InChI=1S/C21H19N3OS2/c1-2-15-8-10-17(11-9-15)20-23-24-21(25-20)27-14-18-13-26-19(22-18)12-16-6-4-3-5-7-16/h3-11,13H,2,12,14H2,1H3. The molecule has 4 nitrogen and oxygen atoms in total. The molecule has 4 aromatic rings. The topological polar surface area (TPSA) is 51.8 Å². The zero-order valence-electron chi connectivity index (χ0n) is 15.0. The molecule has 0 atom stereocenters. The Morgan fingerprint density at radius 1 is 0.963 bits per heavy atom. The Hall–Kier alpha value is -2.44. The van der Waals surface area contributed by atoms with Crippen LogP contribution in [0.25, 0.3) is 11.5 Å². The molecule has 0 bridgehead atoms. The van der Waals surface area contributed by atoms with E-state index in [1.54, 1.807) is 11.3 Å². The maximum absolute atomic E-state index is 5.78. The molecule has 6 heteroatoms. The van der Waals surface area contributed by atoms with Crippen molar-refractivity contribution in [1.29, 1.82) is 0 Å². The van der Waals surface area contributed by atoms with Gasteiger partial charge in [-0.25, -0.2) is 4.98 Å². The van der Waals surface area contributed by atoms with Gasteiger partial charge in [-0.15, -0.1) is 21.5 Å². The predicted molar refractivity (Wildman–Crippen MR) is 110 cm³/mol. The van der Waals surface area contributed by atoms with Crippen molar-refractivity contribution in [2.75, 3.05) is 0 Å².